The molecule has 1 N–H and O–H groups in total. The van der Waals surface area contributed by atoms with Gasteiger partial charge in [-0.3, -0.25) is 4.79 Å². The van der Waals surface area contributed by atoms with Crippen molar-refractivity contribution in [1.29, 1.82) is 0 Å². The smallest absolute Gasteiger partial charge is 0.326 e. The number of ether oxygens (including phenoxy) is 1. The zero-order valence-electron chi connectivity index (χ0n) is 11.8. The number of methoxy groups -OCH3 is 1. The molecule has 8 heteroatoms. The van der Waals surface area contributed by atoms with Gasteiger partial charge in [0.1, 0.15) is 9.75 Å². The minimum atomic E-state index is -3.76. The molecule has 1 rings (SSSR count). The van der Waals surface area contributed by atoms with Crippen LogP contribution >= 0.6 is 27.3 Å². The Balaban J connectivity index is 3.12. The maximum atomic E-state index is 12.4. The average molecular weight is 384 g/mol. The molecule has 1 atom stereocenters. The van der Waals surface area contributed by atoms with Crippen LogP contribution in [0.5, 0.6) is 0 Å². The molecule has 0 spiro atoms. The van der Waals surface area contributed by atoms with Gasteiger partial charge < -0.3 is 4.74 Å². The lowest BCUT2D eigenvalue weighted by Crippen LogP contribution is -2.52. The predicted octanol–water partition coefficient (Wildman–Crippen LogP) is 2.83. The summed E-state index contributed by atoms with van der Waals surface area (Å²) in [5.41, 5.74) is -0.419. The van der Waals surface area contributed by atoms with Crippen LogP contribution in [0.4, 0.5) is 0 Å². The Morgan fingerprint density at radius 2 is 2.15 bits per heavy atom. The van der Waals surface area contributed by atoms with Crippen LogP contribution in [0.3, 0.4) is 0 Å². The van der Waals surface area contributed by atoms with E-state index in [-0.39, 0.29) is 4.21 Å². The van der Waals surface area contributed by atoms with Gasteiger partial charge >= 0.3 is 5.97 Å². The number of sulfonamides is 1. The number of halogens is 1. The summed E-state index contributed by atoms with van der Waals surface area (Å²) >= 11 is 4.41. The number of carbonyl (C=O) groups excluding carboxylic acids is 1. The first-order chi connectivity index (χ1) is 9.16. The second-order valence-electron chi connectivity index (χ2n) is 4.70. The molecule has 0 saturated heterocycles. The van der Waals surface area contributed by atoms with Crippen molar-refractivity contribution in [3.8, 4) is 0 Å². The molecule has 0 aliphatic carbocycles. The van der Waals surface area contributed by atoms with Gasteiger partial charge in [0.2, 0.25) is 0 Å². The van der Waals surface area contributed by atoms with Gasteiger partial charge in [-0.15, -0.1) is 11.3 Å². The van der Waals surface area contributed by atoms with Crippen LogP contribution < -0.4 is 4.72 Å². The van der Waals surface area contributed by atoms with Crippen molar-refractivity contribution >= 4 is 43.3 Å². The van der Waals surface area contributed by atoms with Crippen LogP contribution in [-0.4, -0.2) is 27.0 Å². The Morgan fingerprint density at radius 1 is 1.55 bits per heavy atom. The van der Waals surface area contributed by atoms with Crippen molar-refractivity contribution in [1.82, 2.24) is 4.72 Å². The SMILES string of the molecule is CCCC(C)(NS(=O)(=O)c1cc(C)c(Br)s1)C(=O)OC. The van der Waals surface area contributed by atoms with Crippen molar-refractivity contribution in [2.45, 2.75) is 43.4 Å². The highest BCUT2D eigenvalue weighted by molar-refractivity contribution is 9.11. The van der Waals surface area contributed by atoms with Gasteiger partial charge in [-0.1, -0.05) is 13.3 Å². The van der Waals surface area contributed by atoms with Gasteiger partial charge in [0.15, 0.2) is 0 Å². The quantitative estimate of drug-likeness (QED) is 0.766. The van der Waals surface area contributed by atoms with Crippen LogP contribution in [0.1, 0.15) is 32.3 Å². The average Bonchev–Trinajstić information content (AvgIpc) is 2.69. The lowest BCUT2D eigenvalue weighted by Gasteiger charge is -2.26. The first-order valence-corrected chi connectivity index (χ1v) is 9.14. The molecule has 114 valence electrons. The summed E-state index contributed by atoms with van der Waals surface area (Å²) in [6, 6.07) is 1.57. The van der Waals surface area contributed by atoms with Gasteiger partial charge in [-0.25, -0.2) is 8.42 Å². The van der Waals surface area contributed by atoms with Gasteiger partial charge in [0.05, 0.1) is 10.9 Å². The van der Waals surface area contributed by atoms with Crippen LogP contribution in [0.25, 0.3) is 0 Å². The fourth-order valence-electron chi connectivity index (χ4n) is 1.83. The molecule has 1 heterocycles. The summed E-state index contributed by atoms with van der Waals surface area (Å²) in [7, 11) is -2.51. The molecule has 0 aromatic carbocycles. The molecule has 1 aromatic rings. The highest BCUT2D eigenvalue weighted by Crippen LogP contribution is 2.31. The van der Waals surface area contributed by atoms with Gasteiger partial charge in [0.25, 0.3) is 10.0 Å². The van der Waals surface area contributed by atoms with E-state index in [1.54, 1.807) is 6.07 Å². The summed E-state index contributed by atoms with van der Waals surface area (Å²) in [5.74, 6) is -0.588. The number of esters is 1. The molecule has 5 nitrogen and oxygen atoms in total. The zero-order chi connectivity index (χ0) is 15.6. The lowest BCUT2D eigenvalue weighted by atomic mass is 9.98. The van der Waals surface area contributed by atoms with Crippen molar-refractivity contribution in [3.05, 3.63) is 15.4 Å². The first kappa shape index (κ1) is 17.6. The summed E-state index contributed by atoms with van der Waals surface area (Å²) in [6.45, 7) is 5.22. The summed E-state index contributed by atoms with van der Waals surface area (Å²) in [6.07, 6.45) is 1.02. The minimum Gasteiger partial charge on any atom is -0.468 e. The number of thiophene rings is 1. The second-order valence-corrected chi connectivity index (χ2v) is 8.98. The third kappa shape index (κ3) is 3.81. The van der Waals surface area contributed by atoms with Crippen molar-refractivity contribution in [2.24, 2.45) is 0 Å². The Morgan fingerprint density at radius 3 is 2.55 bits per heavy atom. The summed E-state index contributed by atoms with van der Waals surface area (Å²) in [5, 5.41) is 0. The number of carbonyl (C=O) groups is 1. The number of hydrogen-bond acceptors (Lipinski definition) is 5. The maximum absolute atomic E-state index is 12.4. The van der Waals surface area contributed by atoms with E-state index < -0.39 is 21.5 Å². The Labute approximate surface area is 131 Å². The van der Waals surface area contributed by atoms with Crippen LogP contribution in [-0.2, 0) is 19.6 Å². The molecule has 0 amide bonds. The molecule has 1 aromatic heterocycles. The third-order valence-electron chi connectivity index (χ3n) is 2.84. The van der Waals surface area contributed by atoms with E-state index in [4.69, 9.17) is 4.74 Å². The zero-order valence-corrected chi connectivity index (χ0v) is 15.0. The van der Waals surface area contributed by atoms with E-state index in [0.717, 1.165) is 20.7 Å². The van der Waals surface area contributed by atoms with Crippen molar-refractivity contribution in [3.63, 3.8) is 0 Å². The highest BCUT2D eigenvalue weighted by atomic mass is 79.9. The molecule has 0 fully saturated rings. The topological polar surface area (TPSA) is 72.5 Å². The number of nitrogens with one attached hydrogen (secondary N) is 1. The molecular weight excluding hydrogens is 366 g/mol. The lowest BCUT2D eigenvalue weighted by molar-refractivity contribution is -0.147. The fraction of sp³-hybridized carbons (Fsp3) is 0.583. The van der Waals surface area contributed by atoms with E-state index in [0.29, 0.717) is 12.8 Å². The van der Waals surface area contributed by atoms with E-state index >= 15 is 0 Å². The van der Waals surface area contributed by atoms with Crippen LogP contribution in [0.15, 0.2) is 14.1 Å². The fourth-order valence-corrected chi connectivity index (χ4v) is 5.45. The van der Waals surface area contributed by atoms with Crippen LogP contribution in [0.2, 0.25) is 0 Å². The molecule has 20 heavy (non-hydrogen) atoms. The van der Waals surface area contributed by atoms with Crippen LogP contribution in [0, 0.1) is 6.92 Å². The van der Waals surface area contributed by atoms with E-state index in [1.165, 1.54) is 14.0 Å². The molecule has 0 radical (unpaired) electrons. The Bertz CT molecular complexity index is 577. The van der Waals surface area contributed by atoms with Crippen molar-refractivity contribution < 1.29 is 17.9 Å². The van der Waals surface area contributed by atoms with Crippen molar-refractivity contribution in [2.75, 3.05) is 7.11 Å². The van der Waals surface area contributed by atoms with Gasteiger partial charge in [-0.05, 0) is 47.8 Å². The molecule has 0 saturated carbocycles. The third-order valence-corrected chi connectivity index (χ3v) is 7.05. The standard InChI is InChI=1S/C12H18BrNO4S2/c1-5-6-12(3,11(15)18-4)14-20(16,17)9-7-8(2)10(13)19-9/h7,14H,5-6H2,1-4H3. The van der Waals surface area contributed by atoms with E-state index in [1.807, 2.05) is 13.8 Å². The minimum absolute atomic E-state index is 0.174. The van der Waals surface area contributed by atoms with Gasteiger partial charge in [-0.2, -0.15) is 4.72 Å². The Kier molecular flexibility index (Phi) is 5.77. The maximum Gasteiger partial charge on any atom is 0.326 e. The Hall–Kier alpha value is -0.440. The highest BCUT2D eigenvalue weighted by Gasteiger charge is 2.38. The second kappa shape index (κ2) is 6.55. The monoisotopic (exact) mass is 383 g/mol. The van der Waals surface area contributed by atoms with E-state index in [9.17, 15) is 13.2 Å². The molecular formula is C12H18BrNO4S2. The number of aryl methyl sites for hydroxylation is 1. The first-order valence-electron chi connectivity index (χ1n) is 6.04. The normalized spacial score (nSPS) is 14.8. The largest absolute Gasteiger partial charge is 0.468 e. The predicted molar refractivity (Wildman–Crippen MR) is 82.4 cm³/mol. The molecule has 1 unspecified atom stereocenters. The summed E-state index contributed by atoms with van der Waals surface area (Å²) in [4.78, 5) is 11.8. The molecule has 0 aliphatic heterocycles. The van der Waals surface area contributed by atoms with E-state index in [2.05, 4.69) is 20.7 Å². The molecule has 0 aliphatic rings. The number of rotatable bonds is 6. The number of hydrogen-bond donors (Lipinski definition) is 1. The summed E-state index contributed by atoms with van der Waals surface area (Å²) < 4.78 is 32.9. The molecule has 0 bridgehead atoms. The van der Waals surface area contributed by atoms with Gasteiger partial charge in [0, 0.05) is 0 Å².